The fourth-order valence-corrected chi connectivity index (χ4v) is 1.39. The summed E-state index contributed by atoms with van der Waals surface area (Å²) in [6, 6.07) is 3.39. The molecule has 0 aromatic heterocycles. The fourth-order valence-electron chi connectivity index (χ4n) is 1.39. The number of aliphatic hydroxyl groups excluding tert-OH is 1. The van der Waals surface area contributed by atoms with Crippen molar-refractivity contribution in [1.82, 2.24) is 0 Å². The number of aldehydes is 1. The fraction of sp³-hybridized carbons (Fsp3) is 0.364. The SMILES string of the molecule is COc1cc(CO)c(CC=O)cc1OC. The van der Waals surface area contributed by atoms with Crippen molar-refractivity contribution in [1.29, 1.82) is 0 Å². The van der Waals surface area contributed by atoms with Crippen LogP contribution < -0.4 is 9.47 Å². The van der Waals surface area contributed by atoms with E-state index in [-0.39, 0.29) is 13.0 Å². The van der Waals surface area contributed by atoms with Crippen molar-refractivity contribution in [3.63, 3.8) is 0 Å². The van der Waals surface area contributed by atoms with Crippen molar-refractivity contribution < 1.29 is 19.4 Å². The number of methoxy groups -OCH3 is 2. The Morgan fingerprint density at radius 3 is 2.13 bits per heavy atom. The quantitative estimate of drug-likeness (QED) is 0.735. The Balaban J connectivity index is 3.20. The summed E-state index contributed by atoms with van der Waals surface area (Å²) in [7, 11) is 3.06. The second-order valence-electron chi connectivity index (χ2n) is 3.00. The van der Waals surface area contributed by atoms with E-state index in [0.29, 0.717) is 17.1 Å². The molecule has 0 saturated heterocycles. The first-order chi connectivity index (χ1) is 7.26. The van der Waals surface area contributed by atoms with Crippen molar-refractivity contribution in [2.75, 3.05) is 14.2 Å². The van der Waals surface area contributed by atoms with Crippen LogP contribution in [-0.4, -0.2) is 25.6 Å². The van der Waals surface area contributed by atoms with E-state index in [1.54, 1.807) is 12.1 Å². The lowest BCUT2D eigenvalue weighted by Crippen LogP contribution is -1.99. The van der Waals surface area contributed by atoms with Crippen LogP contribution in [0, 0.1) is 0 Å². The number of carbonyl (C=O) groups is 1. The Bertz CT molecular complexity index is 347. The predicted octanol–water partition coefficient (Wildman–Crippen LogP) is 0.938. The van der Waals surface area contributed by atoms with E-state index in [9.17, 15) is 4.79 Å². The van der Waals surface area contributed by atoms with Gasteiger partial charge in [0, 0.05) is 6.42 Å². The summed E-state index contributed by atoms with van der Waals surface area (Å²) in [5, 5.41) is 9.12. The Labute approximate surface area is 88.4 Å². The molecule has 0 amide bonds. The van der Waals surface area contributed by atoms with Gasteiger partial charge in [0.1, 0.15) is 6.29 Å². The van der Waals surface area contributed by atoms with Gasteiger partial charge < -0.3 is 19.4 Å². The van der Waals surface area contributed by atoms with Gasteiger partial charge in [0.15, 0.2) is 11.5 Å². The van der Waals surface area contributed by atoms with E-state index in [0.717, 1.165) is 11.8 Å². The first-order valence-electron chi connectivity index (χ1n) is 4.55. The lowest BCUT2D eigenvalue weighted by molar-refractivity contribution is -0.107. The maximum absolute atomic E-state index is 10.4. The molecular formula is C11H14O4. The van der Waals surface area contributed by atoms with Gasteiger partial charge in [-0.2, -0.15) is 0 Å². The Kier molecular flexibility index (Phi) is 4.12. The zero-order valence-electron chi connectivity index (χ0n) is 8.82. The summed E-state index contributed by atoms with van der Waals surface area (Å²) in [6.07, 6.45) is 1.05. The summed E-state index contributed by atoms with van der Waals surface area (Å²) in [5.74, 6) is 1.11. The number of hydrogen-bond acceptors (Lipinski definition) is 4. The normalized spacial score (nSPS) is 9.80. The van der Waals surface area contributed by atoms with Gasteiger partial charge in [-0.3, -0.25) is 0 Å². The average Bonchev–Trinajstić information content (AvgIpc) is 2.28. The molecule has 0 aliphatic heterocycles. The molecule has 0 radical (unpaired) electrons. The number of benzene rings is 1. The molecule has 82 valence electrons. The van der Waals surface area contributed by atoms with Crippen LogP contribution in [0.3, 0.4) is 0 Å². The smallest absolute Gasteiger partial charge is 0.161 e. The molecule has 1 aromatic rings. The van der Waals surface area contributed by atoms with Crippen molar-refractivity contribution in [2.45, 2.75) is 13.0 Å². The Hall–Kier alpha value is -1.55. The van der Waals surface area contributed by atoms with Crippen molar-refractivity contribution in [3.8, 4) is 11.5 Å². The topological polar surface area (TPSA) is 55.8 Å². The van der Waals surface area contributed by atoms with Crippen LogP contribution in [0.2, 0.25) is 0 Å². The number of carbonyl (C=O) groups excluding carboxylic acids is 1. The summed E-state index contributed by atoms with van der Waals surface area (Å²) in [5.41, 5.74) is 1.44. The third-order valence-electron chi connectivity index (χ3n) is 2.18. The third-order valence-corrected chi connectivity index (χ3v) is 2.18. The minimum Gasteiger partial charge on any atom is -0.493 e. The second kappa shape index (κ2) is 5.36. The molecule has 4 heteroatoms. The molecule has 0 fully saturated rings. The maximum Gasteiger partial charge on any atom is 0.161 e. The first-order valence-corrected chi connectivity index (χ1v) is 4.55. The summed E-state index contributed by atoms with van der Waals surface area (Å²) < 4.78 is 10.2. The van der Waals surface area contributed by atoms with Gasteiger partial charge in [-0.15, -0.1) is 0 Å². The molecule has 1 rings (SSSR count). The minimum atomic E-state index is -0.122. The number of ether oxygens (including phenoxy) is 2. The van der Waals surface area contributed by atoms with Crippen LogP contribution in [0.5, 0.6) is 11.5 Å². The van der Waals surface area contributed by atoms with Crippen LogP contribution in [0.4, 0.5) is 0 Å². The molecule has 15 heavy (non-hydrogen) atoms. The lowest BCUT2D eigenvalue weighted by atomic mass is 10.0. The molecule has 0 atom stereocenters. The minimum absolute atomic E-state index is 0.122. The molecule has 0 bridgehead atoms. The first kappa shape index (κ1) is 11.5. The molecule has 0 unspecified atom stereocenters. The molecule has 0 saturated carbocycles. The molecule has 0 spiro atoms. The van der Waals surface area contributed by atoms with Crippen LogP contribution in [0.25, 0.3) is 0 Å². The van der Waals surface area contributed by atoms with E-state index in [4.69, 9.17) is 14.6 Å². The number of hydrogen-bond donors (Lipinski definition) is 1. The van der Waals surface area contributed by atoms with Gasteiger partial charge in [0.05, 0.1) is 20.8 Å². The maximum atomic E-state index is 10.4. The molecule has 0 heterocycles. The standard InChI is InChI=1S/C11H14O4/c1-14-10-5-8(3-4-12)9(7-13)6-11(10)15-2/h4-6,13H,3,7H2,1-2H3. The van der Waals surface area contributed by atoms with Crippen molar-refractivity contribution in [3.05, 3.63) is 23.3 Å². The van der Waals surface area contributed by atoms with Crippen LogP contribution in [0.1, 0.15) is 11.1 Å². The average molecular weight is 210 g/mol. The molecule has 0 aliphatic carbocycles. The number of rotatable bonds is 5. The Morgan fingerprint density at radius 1 is 1.20 bits per heavy atom. The Morgan fingerprint density at radius 2 is 1.73 bits per heavy atom. The van der Waals surface area contributed by atoms with Crippen molar-refractivity contribution >= 4 is 6.29 Å². The third kappa shape index (κ3) is 2.47. The van der Waals surface area contributed by atoms with Crippen LogP contribution in [-0.2, 0) is 17.8 Å². The highest BCUT2D eigenvalue weighted by molar-refractivity contribution is 5.59. The summed E-state index contributed by atoms with van der Waals surface area (Å²) >= 11 is 0. The van der Waals surface area contributed by atoms with Gasteiger partial charge in [-0.1, -0.05) is 0 Å². The molecule has 4 nitrogen and oxygen atoms in total. The van der Waals surface area contributed by atoms with E-state index in [1.807, 2.05) is 0 Å². The van der Waals surface area contributed by atoms with Gasteiger partial charge in [0.2, 0.25) is 0 Å². The zero-order chi connectivity index (χ0) is 11.3. The van der Waals surface area contributed by atoms with Crippen LogP contribution >= 0.6 is 0 Å². The van der Waals surface area contributed by atoms with Gasteiger partial charge in [-0.25, -0.2) is 0 Å². The van der Waals surface area contributed by atoms with E-state index >= 15 is 0 Å². The van der Waals surface area contributed by atoms with E-state index in [1.165, 1.54) is 14.2 Å². The molecule has 1 N–H and O–H groups in total. The predicted molar refractivity (Wildman–Crippen MR) is 55.2 cm³/mol. The van der Waals surface area contributed by atoms with Gasteiger partial charge in [0.25, 0.3) is 0 Å². The highest BCUT2D eigenvalue weighted by Gasteiger charge is 2.09. The molecular weight excluding hydrogens is 196 g/mol. The van der Waals surface area contributed by atoms with E-state index in [2.05, 4.69) is 0 Å². The second-order valence-corrected chi connectivity index (χ2v) is 3.00. The van der Waals surface area contributed by atoms with Gasteiger partial charge >= 0.3 is 0 Å². The summed E-state index contributed by atoms with van der Waals surface area (Å²) in [6.45, 7) is -0.122. The summed E-state index contributed by atoms with van der Waals surface area (Å²) in [4.78, 5) is 10.4. The van der Waals surface area contributed by atoms with Crippen molar-refractivity contribution in [2.24, 2.45) is 0 Å². The highest BCUT2D eigenvalue weighted by Crippen LogP contribution is 2.30. The monoisotopic (exact) mass is 210 g/mol. The zero-order valence-corrected chi connectivity index (χ0v) is 8.82. The van der Waals surface area contributed by atoms with Gasteiger partial charge in [-0.05, 0) is 23.3 Å². The van der Waals surface area contributed by atoms with Crippen LogP contribution in [0.15, 0.2) is 12.1 Å². The number of aliphatic hydroxyl groups is 1. The lowest BCUT2D eigenvalue weighted by Gasteiger charge is -2.12. The highest BCUT2D eigenvalue weighted by atomic mass is 16.5. The molecule has 0 aliphatic rings. The molecule has 1 aromatic carbocycles. The largest absolute Gasteiger partial charge is 0.493 e. The van der Waals surface area contributed by atoms with E-state index < -0.39 is 0 Å².